The van der Waals surface area contributed by atoms with Crippen molar-refractivity contribution in [3.63, 3.8) is 0 Å². The molecule has 0 aliphatic carbocycles. The molecule has 0 bridgehead atoms. The molecule has 0 atom stereocenters. The van der Waals surface area contributed by atoms with Crippen LogP contribution >= 0.6 is 0 Å². The van der Waals surface area contributed by atoms with Crippen molar-refractivity contribution >= 4 is 11.9 Å². The van der Waals surface area contributed by atoms with Crippen molar-refractivity contribution in [3.05, 3.63) is 23.3 Å². The average Bonchev–Trinajstić information content (AvgIpc) is 2.95. The highest BCUT2D eigenvalue weighted by atomic mass is 16.5. The number of carbonyl (C=O) groups excluding carboxylic acids is 1. The molecular weight excluding hydrogens is 258 g/mol. The highest BCUT2D eigenvalue weighted by molar-refractivity contribution is 6.01. The van der Waals surface area contributed by atoms with E-state index in [1.54, 1.807) is 10.7 Å². The minimum absolute atomic E-state index is 0.185. The van der Waals surface area contributed by atoms with Crippen LogP contribution in [0.15, 0.2) is 10.6 Å². The Morgan fingerprint density at radius 1 is 1.35 bits per heavy atom. The second-order valence-electron chi connectivity index (χ2n) is 5.24. The molecule has 108 valence electrons. The molecule has 2 rings (SSSR count). The molecule has 1 amide bonds. The van der Waals surface area contributed by atoms with Gasteiger partial charge in [-0.05, 0) is 20.8 Å². The fourth-order valence-electron chi connectivity index (χ4n) is 1.78. The fourth-order valence-corrected chi connectivity index (χ4v) is 1.78. The third kappa shape index (κ3) is 2.87. The maximum atomic E-state index is 12.0. The topological polar surface area (TPSA) is 85.8 Å². The second-order valence-corrected chi connectivity index (χ2v) is 5.24. The molecular formula is C13H19N5O2. The first-order chi connectivity index (χ1) is 9.38. The predicted molar refractivity (Wildman–Crippen MR) is 73.7 cm³/mol. The number of anilines is 1. The van der Waals surface area contributed by atoms with E-state index >= 15 is 0 Å². The normalized spacial score (nSPS) is 11.3. The van der Waals surface area contributed by atoms with E-state index in [0.29, 0.717) is 5.76 Å². The van der Waals surface area contributed by atoms with Crippen molar-refractivity contribution in [2.75, 3.05) is 5.32 Å². The van der Waals surface area contributed by atoms with Crippen LogP contribution in [0.3, 0.4) is 0 Å². The van der Waals surface area contributed by atoms with E-state index in [1.807, 2.05) is 34.6 Å². The summed E-state index contributed by atoms with van der Waals surface area (Å²) in [4.78, 5) is 16.2. The van der Waals surface area contributed by atoms with Gasteiger partial charge in [-0.3, -0.25) is 10.1 Å². The first-order valence-electron chi connectivity index (χ1n) is 6.59. The quantitative estimate of drug-likeness (QED) is 0.928. The smallest absolute Gasteiger partial charge is 0.280 e. The first kappa shape index (κ1) is 14.2. The summed E-state index contributed by atoms with van der Waals surface area (Å²) in [6.07, 6.45) is 0. The summed E-state index contributed by atoms with van der Waals surface area (Å²) in [5.41, 5.74) is 0.229. The Morgan fingerprint density at radius 3 is 2.55 bits per heavy atom. The number of aryl methyl sites for hydroxylation is 1. The number of carbonyl (C=O) groups is 1. The van der Waals surface area contributed by atoms with Crippen molar-refractivity contribution in [1.29, 1.82) is 0 Å². The van der Waals surface area contributed by atoms with Crippen LogP contribution in [0.4, 0.5) is 5.95 Å². The Kier molecular flexibility index (Phi) is 3.87. The lowest BCUT2D eigenvalue weighted by atomic mass is 10.1. The largest absolute Gasteiger partial charge is 0.360 e. The molecule has 0 aromatic carbocycles. The fraction of sp³-hybridized carbons (Fsp3) is 0.538. The number of rotatable bonds is 4. The molecule has 0 aliphatic rings. The molecule has 1 N–H and O–H groups in total. The molecule has 0 radical (unpaired) electrons. The highest BCUT2D eigenvalue weighted by Gasteiger charge is 2.17. The predicted octanol–water partition coefficient (Wildman–Crippen LogP) is 2.53. The molecule has 2 aromatic heterocycles. The van der Waals surface area contributed by atoms with Gasteiger partial charge in [-0.15, -0.1) is 5.10 Å². The summed E-state index contributed by atoms with van der Waals surface area (Å²) in [5.74, 6) is 1.51. The number of hydrogen-bond acceptors (Lipinski definition) is 5. The van der Waals surface area contributed by atoms with Crippen molar-refractivity contribution in [3.8, 4) is 0 Å². The van der Waals surface area contributed by atoms with Crippen LogP contribution in [-0.2, 0) is 0 Å². The van der Waals surface area contributed by atoms with Gasteiger partial charge < -0.3 is 4.52 Å². The maximum Gasteiger partial charge on any atom is 0.280 e. The average molecular weight is 277 g/mol. The number of hydrogen-bond donors (Lipinski definition) is 1. The van der Waals surface area contributed by atoms with Crippen LogP contribution in [0.5, 0.6) is 0 Å². The van der Waals surface area contributed by atoms with Gasteiger partial charge in [0.15, 0.2) is 5.69 Å². The lowest BCUT2D eigenvalue weighted by Crippen LogP contribution is -2.14. The Labute approximate surface area is 117 Å². The summed E-state index contributed by atoms with van der Waals surface area (Å²) in [6, 6.07) is 1.82. The van der Waals surface area contributed by atoms with Crippen LogP contribution < -0.4 is 5.32 Å². The summed E-state index contributed by atoms with van der Waals surface area (Å²) >= 11 is 0. The van der Waals surface area contributed by atoms with E-state index in [4.69, 9.17) is 4.52 Å². The molecule has 0 fully saturated rings. The molecule has 0 aliphatic heterocycles. The maximum absolute atomic E-state index is 12.0. The van der Waals surface area contributed by atoms with Gasteiger partial charge in [-0.2, -0.15) is 4.98 Å². The lowest BCUT2D eigenvalue weighted by Gasteiger charge is -2.04. The van der Waals surface area contributed by atoms with Gasteiger partial charge in [0, 0.05) is 18.0 Å². The van der Waals surface area contributed by atoms with Gasteiger partial charge >= 0.3 is 0 Å². The van der Waals surface area contributed by atoms with Crippen molar-refractivity contribution in [1.82, 2.24) is 19.9 Å². The molecule has 20 heavy (non-hydrogen) atoms. The molecule has 7 nitrogen and oxygen atoms in total. The zero-order valence-corrected chi connectivity index (χ0v) is 12.3. The van der Waals surface area contributed by atoms with E-state index in [9.17, 15) is 4.79 Å². The van der Waals surface area contributed by atoms with Crippen LogP contribution in [0.25, 0.3) is 0 Å². The zero-order valence-electron chi connectivity index (χ0n) is 12.3. The molecule has 7 heteroatoms. The third-order valence-electron chi connectivity index (χ3n) is 2.85. The first-order valence-corrected chi connectivity index (χ1v) is 6.59. The number of amides is 1. The Hall–Kier alpha value is -2.18. The Morgan fingerprint density at radius 2 is 2.05 bits per heavy atom. The van der Waals surface area contributed by atoms with E-state index in [1.165, 1.54) is 0 Å². The summed E-state index contributed by atoms with van der Waals surface area (Å²) < 4.78 is 6.84. The Bertz CT molecular complexity index is 612. The summed E-state index contributed by atoms with van der Waals surface area (Å²) in [6.45, 7) is 9.78. The van der Waals surface area contributed by atoms with Crippen molar-refractivity contribution in [2.45, 2.75) is 46.6 Å². The van der Waals surface area contributed by atoms with E-state index in [0.717, 1.165) is 5.82 Å². The molecule has 0 unspecified atom stereocenters. The van der Waals surface area contributed by atoms with Gasteiger partial charge in [0.2, 0.25) is 5.95 Å². The van der Waals surface area contributed by atoms with Gasteiger partial charge in [-0.25, -0.2) is 4.68 Å². The van der Waals surface area contributed by atoms with Crippen LogP contribution in [0.1, 0.15) is 61.7 Å². The standard InChI is InChI=1S/C13H19N5O2/c1-7(2)11-6-10(17-20-11)12(19)15-13-14-9(5)18(16-13)8(3)4/h6-8H,1-5H3,(H,15,16,19). The SMILES string of the molecule is Cc1nc(NC(=O)c2cc(C(C)C)on2)nn1C(C)C. The van der Waals surface area contributed by atoms with Gasteiger partial charge in [0.1, 0.15) is 11.6 Å². The molecule has 0 spiro atoms. The molecule has 2 heterocycles. The van der Waals surface area contributed by atoms with Gasteiger partial charge in [0.25, 0.3) is 5.91 Å². The van der Waals surface area contributed by atoms with E-state index in [-0.39, 0.29) is 29.5 Å². The second kappa shape index (κ2) is 5.44. The number of aromatic nitrogens is 4. The van der Waals surface area contributed by atoms with Crippen molar-refractivity contribution < 1.29 is 9.32 Å². The lowest BCUT2D eigenvalue weighted by molar-refractivity contribution is 0.101. The Balaban J connectivity index is 2.13. The van der Waals surface area contributed by atoms with Gasteiger partial charge in [0.05, 0.1) is 0 Å². The van der Waals surface area contributed by atoms with E-state index < -0.39 is 0 Å². The molecule has 0 saturated carbocycles. The summed E-state index contributed by atoms with van der Waals surface area (Å²) in [5, 5.41) is 10.6. The third-order valence-corrected chi connectivity index (χ3v) is 2.85. The molecule has 0 saturated heterocycles. The number of nitrogens with one attached hydrogen (secondary N) is 1. The van der Waals surface area contributed by atoms with Crippen LogP contribution in [0, 0.1) is 6.92 Å². The van der Waals surface area contributed by atoms with E-state index in [2.05, 4.69) is 20.6 Å². The number of nitrogens with zero attached hydrogens (tertiary/aromatic N) is 4. The van der Waals surface area contributed by atoms with Crippen molar-refractivity contribution in [2.24, 2.45) is 0 Å². The highest BCUT2D eigenvalue weighted by Crippen LogP contribution is 2.16. The van der Waals surface area contributed by atoms with Gasteiger partial charge in [-0.1, -0.05) is 19.0 Å². The minimum Gasteiger partial charge on any atom is -0.360 e. The molecule has 2 aromatic rings. The summed E-state index contributed by atoms with van der Waals surface area (Å²) in [7, 11) is 0. The van der Waals surface area contributed by atoms with Crippen LogP contribution in [-0.4, -0.2) is 25.8 Å². The van der Waals surface area contributed by atoms with Crippen LogP contribution in [0.2, 0.25) is 0 Å². The monoisotopic (exact) mass is 277 g/mol. The minimum atomic E-state index is -0.374. The zero-order chi connectivity index (χ0) is 14.9.